The normalized spacial score (nSPS) is 11.2. The standard InChI is InChI=1S/C19H23NS3/c1-2-3-4-5-6-7-9-15-14-23-19(20-15)16-11-13-22-18(16)17-10-8-12-21-17/h8,10-14H,2-7,9H2,1H3. The van der Waals surface area contributed by atoms with Gasteiger partial charge in [-0.15, -0.1) is 34.0 Å². The highest BCUT2D eigenvalue weighted by atomic mass is 32.1. The molecule has 0 amide bonds. The van der Waals surface area contributed by atoms with Crippen LogP contribution in [-0.2, 0) is 6.42 Å². The Balaban J connectivity index is 1.59. The van der Waals surface area contributed by atoms with Gasteiger partial charge in [-0.3, -0.25) is 0 Å². The third-order valence-corrected chi connectivity index (χ3v) is 6.87. The number of rotatable bonds is 9. The van der Waals surface area contributed by atoms with Gasteiger partial charge in [0.1, 0.15) is 5.01 Å². The van der Waals surface area contributed by atoms with E-state index in [1.54, 1.807) is 22.7 Å². The van der Waals surface area contributed by atoms with E-state index in [0.29, 0.717) is 0 Å². The van der Waals surface area contributed by atoms with Crippen molar-refractivity contribution in [3.8, 4) is 20.3 Å². The van der Waals surface area contributed by atoms with Crippen molar-refractivity contribution in [2.24, 2.45) is 0 Å². The molecule has 3 aromatic rings. The number of aromatic nitrogens is 1. The fraction of sp³-hybridized carbons (Fsp3) is 0.421. The van der Waals surface area contributed by atoms with Crippen LogP contribution in [0.4, 0.5) is 0 Å². The first-order valence-electron chi connectivity index (χ1n) is 8.44. The van der Waals surface area contributed by atoms with Crippen LogP contribution in [0.5, 0.6) is 0 Å². The van der Waals surface area contributed by atoms with Gasteiger partial charge in [0.2, 0.25) is 0 Å². The van der Waals surface area contributed by atoms with Crippen molar-refractivity contribution in [2.45, 2.75) is 51.9 Å². The third kappa shape index (κ3) is 4.52. The number of aryl methyl sites for hydroxylation is 1. The van der Waals surface area contributed by atoms with Gasteiger partial charge in [0, 0.05) is 15.8 Å². The lowest BCUT2D eigenvalue weighted by Crippen LogP contribution is -1.87. The van der Waals surface area contributed by atoms with Crippen LogP contribution in [0.25, 0.3) is 20.3 Å². The van der Waals surface area contributed by atoms with Crippen LogP contribution < -0.4 is 0 Å². The lowest BCUT2D eigenvalue weighted by atomic mass is 10.1. The molecule has 0 saturated carbocycles. The molecule has 3 aromatic heterocycles. The maximum absolute atomic E-state index is 4.89. The van der Waals surface area contributed by atoms with Crippen LogP contribution in [0.2, 0.25) is 0 Å². The zero-order chi connectivity index (χ0) is 15.9. The molecule has 0 aliphatic heterocycles. The number of thiophene rings is 2. The Morgan fingerprint density at radius 1 is 0.913 bits per heavy atom. The van der Waals surface area contributed by atoms with E-state index < -0.39 is 0 Å². The zero-order valence-corrected chi connectivity index (χ0v) is 16.0. The molecule has 0 unspecified atom stereocenters. The maximum atomic E-state index is 4.89. The Kier molecular flexibility index (Phi) is 6.43. The van der Waals surface area contributed by atoms with Gasteiger partial charge in [0.05, 0.1) is 10.6 Å². The molecule has 23 heavy (non-hydrogen) atoms. The van der Waals surface area contributed by atoms with Gasteiger partial charge in [0.25, 0.3) is 0 Å². The van der Waals surface area contributed by atoms with Crippen LogP contribution >= 0.6 is 34.0 Å². The molecule has 0 saturated heterocycles. The predicted molar refractivity (Wildman–Crippen MR) is 106 cm³/mol. The quantitative estimate of drug-likeness (QED) is 0.359. The van der Waals surface area contributed by atoms with E-state index in [4.69, 9.17) is 4.98 Å². The number of unbranched alkanes of at least 4 members (excludes halogenated alkanes) is 5. The molecule has 0 radical (unpaired) electrons. The Morgan fingerprint density at radius 2 is 1.78 bits per heavy atom. The van der Waals surface area contributed by atoms with E-state index in [2.05, 4.69) is 41.3 Å². The minimum atomic E-state index is 1.13. The SMILES string of the molecule is CCCCCCCCc1csc(-c2ccsc2-c2cccs2)n1. The molecule has 1 nitrogen and oxygen atoms in total. The Hall–Kier alpha value is -0.970. The molecule has 3 heterocycles. The van der Waals surface area contributed by atoms with Crippen LogP contribution in [-0.4, -0.2) is 4.98 Å². The van der Waals surface area contributed by atoms with Gasteiger partial charge < -0.3 is 0 Å². The summed E-state index contributed by atoms with van der Waals surface area (Å²) in [5.41, 5.74) is 2.57. The third-order valence-electron chi connectivity index (χ3n) is 3.98. The molecule has 4 heteroatoms. The average Bonchev–Trinajstić information content (AvgIpc) is 3.31. The van der Waals surface area contributed by atoms with Crippen LogP contribution in [0.15, 0.2) is 34.3 Å². The van der Waals surface area contributed by atoms with Crippen LogP contribution in [0.3, 0.4) is 0 Å². The van der Waals surface area contributed by atoms with Gasteiger partial charge >= 0.3 is 0 Å². The van der Waals surface area contributed by atoms with Gasteiger partial charge in [-0.25, -0.2) is 4.98 Å². The van der Waals surface area contributed by atoms with E-state index in [-0.39, 0.29) is 0 Å². The summed E-state index contributed by atoms with van der Waals surface area (Å²) in [6.07, 6.45) is 9.20. The second-order valence-electron chi connectivity index (χ2n) is 5.80. The lowest BCUT2D eigenvalue weighted by molar-refractivity contribution is 0.605. The van der Waals surface area contributed by atoms with Crippen molar-refractivity contribution in [3.63, 3.8) is 0 Å². The molecule has 0 atom stereocenters. The van der Waals surface area contributed by atoms with Gasteiger partial charge in [-0.2, -0.15) is 0 Å². The average molecular weight is 362 g/mol. The highest BCUT2D eigenvalue weighted by Gasteiger charge is 2.13. The van der Waals surface area contributed by atoms with E-state index in [1.165, 1.54) is 64.5 Å². The molecule has 0 spiro atoms. The molecule has 0 aliphatic carbocycles. The summed E-state index contributed by atoms with van der Waals surface area (Å²) in [5, 5.41) is 7.75. The van der Waals surface area contributed by atoms with Crippen molar-refractivity contribution < 1.29 is 0 Å². The molecule has 3 rings (SSSR count). The van der Waals surface area contributed by atoms with Gasteiger partial charge in [0.15, 0.2) is 0 Å². The smallest absolute Gasteiger partial charge is 0.125 e. The fourth-order valence-electron chi connectivity index (χ4n) is 2.71. The molecule has 0 aliphatic rings. The summed E-state index contributed by atoms with van der Waals surface area (Å²) < 4.78 is 0. The van der Waals surface area contributed by atoms with Gasteiger partial charge in [-0.1, -0.05) is 45.1 Å². The first-order chi connectivity index (χ1) is 11.4. The first kappa shape index (κ1) is 16.9. The summed E-state index contributed by atoms with van der Waals surface area (Å²) in [6, 6.07) is 6.53. The summed E-state index contributed by atoms with van der Waals surface area (Å²) in [4.78, 5) is 7.60. The molecule has 0 aromatic carbocycles. The van der Waals surface area contributed by atoms with Gasteiger partial charge in [-0.05, 0) is 35.7 Å². The molecule has 122 valence electrons. The second kappa shape index (κ2) is 8.76. The number of hydrogen-bond acceptors (Lipinski definition) is 4. The maximum Gasteiger partial charge on any atom is 0.125 e. The topological polar surface area (TPSA) is 12.9 Å². The Bertz CT molecular complexity index is 694. The monoisotopic (exact) mass is 361 g/mol. The fourth-order valence-corrected chi connectivity index (χ4v) is 5.44. The molecular weight excluding hydrogens is 338 g/mol. The summed E-state index contributed by atoms with van der Waals surface area (Å²) in [6.45, 7) is 2.27. The second-order valence-corrected chi connectivity index (χ2v) is 8.52. The minimum Gasteiger partial charge on any atom is -0.241 e. The van der Waals surface area contributed by atoms with Crippen molar-refractivity contribution >= 4 is 34.0 Å². The van der Waals surface area contributed by atoms with Crippen LogP contribution in [0.1, 0.15) is 51.1 Å². The molecule has 0 fully saturated rings. The Labute approximate surface area is 151 Å². The molecule has 0 N–H and O–H groups in total. The highest BCUT2D eigenvalue weighted by Crippen LogP contribution is 2.40. The largest absolute Gasteiger partial charge is 0.241 e. The highest BCUT2D eigenvalue weighted by molar-refractivity contribution is 7.21. The van der Waals surface area contributed by atoms with Crippen molar-refractivity contribution in [2.75, 3.05) is 0 Å². The van der Waals surface area contributed by atoms with E-state index in [1.807, 2.05) is 11.3 Å². The summed E-state index contributed by atoms with van der Waals surface area (Å²) in [7, 11) is 0. The molecular formula is C19H23NS3. The minimum absolute atomic E-state index is 1.13. The number of hydrogen-bond donors (Lipinski definition) is 0. The molecule has 0 bridgehead atoms. The summed E-state index contributed by atoms with van der Waals surface area (Å²) >= 11 is 5.42. The predicted octanol–water partition coefficient (Wildman–Crippen LogP) is 7.50. The van der Waals surface area contributed by atoms with Crippen LogP contribution in [0, 0.1) is 0 Å². The first-order valence-corrected chi connectivity index (χ1v) is 11.1. The zero-order valence-electron chi connectivity index (χ0n) is 13.6. The van der Waals surface area contributed by atoms with Crippen molar-refractivity contribution in [1.29, 1.82) is 0 Å². The van der Waals surface area contributed by atoms with Crippen molar-refractivity contribution in [1.82, 2.24) is 4.98 Å². The van der Waals surface area contributed by atoms with E-state index in [9.17, 15) is 0 Å². The summed E-state index contributed by atoms with van der Waals surface area (Å²) in [5.74, 6) is 0. The number of nitrogens with zero attached hydrogens (tertiary/aromatic N) is 1. The van der Waals surface area contributed by atoms with E-state index in [0.717, 1.165) is 6.42 Å². The number of thiazole rings is 1. The van der Waals surface area contributed by atoms with E-state index >= 15 is 0 Å². The van der Waals surface area contributed by atoms with Crippen molar-refractivity contribution in [3.05, 3.63) is 40.0 Å². The Morgan fingerprint density at radius 3 is 2.61 bits per heavy atom. The lowest BCUT2D eigenvalue weighted by Gasteiger charge is -1.99.